The lowest BCUT2D eigenvalue weighted by Gasteiger charge is -2.27. The molecule has 1 aromatic rings. The van der Waals surface area contributed by atoms with Gasteiger partial charge in [-0.15, -0.1) is 0 Å². The highest BCUT2D eigenvalue weighted by molar-refractivity contribution is 5.33. The Morgan fingerprint density at radius 3 is 2.62 bits per heavy atom. The molecule has 0 saturated carbocycles. The van der Waals surface area contributed by atoms with Crippen LogP contribution in [-0.2, 0) is 6.54 Å². The average Bonchev–Trinajstić information content (AvgIpc) is 2.30. The van der Waals surface area contributed by atoms with Gasteiger partial charge in [0.05, 0.1) is 0 Å². The fourth-order valence-electron chi connectivity index (χ4n) is 1.74. The molecule has 0 saturated heterocycles. The lowest BCUT2D eigenvalue weighted by atomic mass is 10.1. The number of halogens is 1. The summed E-state index contributed by atoms with van der Waals surface area (Å²) in [6.07, 6.45) is 1.05. The predicted octanol–water partition coefficient (Wildman–Crippen LogP) is 3.15. The molecule has 0 heterocycles. The highest BCUT2D eigenvalue weighted by Crippen LogP contribution is 2.23. The Balaban J connectivity index is 2.82. The third kappa shape index (κ3) is 2.95. The van der Waals surface area contributed by atoms with Gasteiger partial charge < -0.3 is 5.11 Å². The third-order valence-electron chi connectivity index (χ3n) is 3.06. The van der Waals surface area contributed by atoms with Crippen molar-refractivity contribution in [2.75, 3.05) is 6.54 Å². The van der Waals surface area contributed by atoms with Gasteiger partial charge in [0.1, 0.15) is 0 Å². The SMILES string of the molecule is CCC(C)N(CC)Cc1cccc(F)c1O. The van der Waals surface area contributed by atoms with Crippen LogP contribution in [0.4, 0.5) is 4.39 Å². The monoisotopic (exact) mass is 225 g/mol. The molecule has 0 fully saturated rings. The molecule has 1 atom stereocenters. The van der Waals surface area contributed by atoms with Crippen molar-refractivity contribution in [3.05, 3.63) is 29.6 Å². The third-order valence-corrected chi connectivity index (χ3v) is 3.06. The van der Waals surface area contributed by atoms with Gasteiger partial charge in [-0.05, 0) is 26.0 Å². The first-order valence-electron chi connectivity index (χ1n) is 5.80. The van der Waals surface area contributed by atoms with Gasteiger partial charge in [0.2, 0.25) is 0 Å². The Labute approximate surface area is 96.7 Å². The number of aromatic hydroxyl groups is 1. The summed E-state index contributed by atoms with van der Waals surface area (Å²) in [5.41, 5.74) is 0.655. The van der Waals surface area contributed by atoms with Crippen LogP contribution in [0.5, 0.6) is 5.75 Å². The number of phenols is 1. The molecule has 0 aliphatic rings. The van der Waals surface area contributed by atoms with Crippen LogP contribution in [0.2, 0.25) is 0 Å². The highest BCUT2D eigenvalue weighted by atomic mass is 19.1. The average molecular weight is 225 g/mol. The van der Waals surface area contributed by atoms with E-state index in [-0.39, 0.29) is 5.75 Å². The van der Waals surface area contributed by atoms with Gasteiger partial charge >= 0.3 is 0 Å². The van der Waals surface area contributed by atoms with E-state index in [1.807, 2.05) is 0 Å². The molecule has 1 N–H and O–H groups in total. The highest BCUT2D eigenvalue weighted by Gasteiger charge is 2.14. The van der Waals surface area contributed by atoms with Crippen molar-refractivity contribution in [3.8, 4) is 5.75 Å². The minimum absolute atomic E-state index is 0.218. The first-order valence-corrected chi connectivity index (χ1v) is 5.80. The van der Waals surface area contributed by atoms with Crippen molar-refractivity contribution in [2.45, 2.75) is 39.8 Å². The Bertz CT molecular complexity index is 341. The van der Waals surface area contributed by atoms with Crippen LogP contribution in [-0.4, -0.2) is 22.6 Å². The van der Waals surface area contributed by atoms with Crippen LogP contribution in [0.25, 0.3) is 0 Å². The molecule has 0 amide bonds. The normalized spacial score (nSPS) is 13.1. The van der Waals surface area contributed by atoms with Crippen molar-refractivity contribution in [3.63, 3.8) is 0 Å². The number of nitrogens with zero attached hydrogens (tertiary/aromatic N) is 1. The summed E-state index contributed by atoms with van der Waals surface area (Å²) in [5.74, 6) is -0.762. The second-order valence-corrected chi connectivity index (χ2v) is 4.07. The van der Waals surface area contributed by atoms with Crippen LogP contribution in [0, 0.1) is 5.82 Å². The van der Waals surface area contributed by atoms with Crippen molar-refractivity contribution in [2.24, 2.45) is 0 Å². The summed E-state index contributed by atoms with van der Waals surface area (Å²) in [6, 6.07) is 5.11. The Hall–Kier alpha value is -1.09. The van der Waals surface area contributed by atoms with Gasteiger partial charge in [-0.25, -0.2) is 4.39 Å². The summed E-state index contributed by atoms with van der Waals surface area (Å²) in [7, 11) is 0. The zero-order valence-corrected chi connectivity index (χ0v) is 10.2. The molecule has 0 radical (unpaired) electrons. The number of para-hydroxylation sites is 1. The summed E-state index contributed by atoms with van der Waals surface area (Å²) >= 11 is 0. The molecule has 1 aromatic carbocycles. The molecule has 3 heteroatoms. The molecule has 16 heavy (non-hydrogen) atoms. The quantitative estimate of drug-likeness (QED) is 0.832. The lowest BCUT2D eigenvalue weighted by Crippen LogP contribution is -2.31. The lowest BCUT2D eigenvalue weighted by molar-refractivity contribution is 0.203. The maximum Gasteiger partial charge on any atom is 0.165 e. The molecular formula is C13H20FNO. The molecule has 0 aliphatic carbocycles. The van der Waals surface area contributed by atoms with Gasteiger partial charge in [0.15, 0.2) is 11.6 Å². The van der Waals surface area contributed by atoms with Crippen LogP contribution in [0.1, 0.15) is 32.8 Å². The van der Waals surface area contributed by atoms with Crippen molar-refractivity contribution >= 4 is 0 Å². The minimum Gasteiger partial charge on any atom is -0.505 e. The predicted molar refractivity (Wildman–Crippen MR) is 63.9 cm³/mol. The number of benzene rings is 1. The van der Waals surface area contributed by atoms with Gasteiger partial charge in [-0.1, -0.05) is 26.0 Å². The van der Waals surface area contributed by atoms with E-state index in [9.17, 15) is 9.50 Å². The Kier molecular flexibility index (Phi) is 4.74. The number of phenolic OH excluding ortho intramolecular Hbond substituents is 1. The van der Waals surface area contributed by atoms with Crippen LogP contribution in [0.3, 0.4) is 0 Å². The van der Waals surface area contributed by atoms with Crippen molar-refractivity contribution in [1.82, 2.24) is 4.90 Å². The zero-order valence-electron chi connectivity index (χ0n) is 10.2. The smallest absolute Gasteiger partial charge is 0.165 e. The van der Waals surface area contributed by atoms with E-state index < -0.39 is 5.82 Å². The summed E-state index contributed by atoms with van der Waals surface area (Å²) in [6.45, 7) is 7.82. The second-order valence-electron chi connectivity index (χ2n) is 4.07. The van der Waals surface area contributed by atoms with E-state index in [0.717, 1.165) is 13.0 Å². The largest absolute Gasteiger partial charge is 0.505 e. The first kappa shape index (κ1) is 13.0. The zero-order chi connectivity index (χ0) is 12.1. The minimum atomic E-state index is -0.544. The molecule has 90 valence electrons. The number of hydrogen-bond acceptors (Lipinski definition) is 2. The molecule has 1 rings (SSSR count). The number of rotatable bonds is 5. The van der Waals surface area contributed by atoms with Gasteiger partial charge in [-0.3, -0.25) is 4.90 Å². The topological polar surface area (TPSA) is 23.5 Å². The Morgan fingerprint density at radius 2 is 2.06 bits per heavy atom. The van der Waals surface area contributed by atoms with Gasteiger partial charge in [0.25, 0.3) is 0 Å². The van der Waals surface area contributed by atoms with Crippen LogP contribution in [0.15, 0.2) is 18.2 Å². The summed E-state index contributed by atoms with van der Waals surface area (Å²) in [4.78, 5) is 2.22. The fraction of sp³-hybridized carbons (Fsp3) is 0.538. The standard InChI is InChI=1S/C13H20FNO/c1-4-10(3)15(5-2)9-11-7-6-8-12(14)13(11)16/h6-8,10,16H,4-5,9H2,1-3H3. The van der Waals surface area contributed by atoms with E-state index in [2.05, 4.69) is 25.7 Å². The molecule has 0 aliphatic heterocycles. The van der Waals surface area contributed by atoms with E-state index >= 15 is 0 Å². The molecule has 0 aromatic heterocycles. The van der Waals surface area contributed by atoms with Crippen molar-refractivity contribution < 1.29 is 9.50 Å². The molecular weight excluding hydrogens is 205 g/mol. The Morgan fingerprint density at radius 1 is 1.38 bits per heavy atom. The first-order chi connectivity index (χ1) is 7.60. The van der Waals surface area contributed by atoms with Gasteiger partial charge in [0, 0.05) is 18.2 Å². The molecule has 1 unspecified atom stereocenters. The second kappa shape index (κ2) is 5.85. The van der Waals surface area contributed by atoms with Crippen LogP contribution < -0.4 is 0 Å². The fourth-order valence-corrected chi connectivity index (χ4v) is 1.74. The van der Waals surface area contributed by atoms with Gasteiger partial charge in [-0.2, -0.15) is 0 Å². The van der Waals surface area contributed by atoms with Crippen LogP contribution >= 0.6 is 0 Å². The maximum atomic E-state index is 13.1. The molecule has 2 nitrogen and oxygen atoms in total. The molecule has 0 spiro atoms. The summed E-state index contributed by atoms with van der Waals surface area (Å²) < 4.78 is 13.1. The van der Waals surface area contributed by atoms with Crippen molar-refractivity contribution in [1.29, 1.82) is 0 Å². The van der Waals surface area contributed by atoms with E-state index in [0.29, 0.717) is 18.2 Å². The maximum absolute atomic E-state index is 13.1. The van der Waals surface area contributed by atoms with E-state index in [1.165, 1.54) is 6.07 Å². The number of hydrogen-bond donors (Lipinski definition) is 1. The molecule has 0 bridgehead atoms. The summed E-state index contributed by atoms with van der Waals surface area (Å²) in [5, 5.41) is 9.59. The van der Waals surface area contributed by atoms with E-state index in [1.54, 1.807) is 12.1 Å². The van der Waals surface area contributed by atoms with E-state index in [4.69, 9.17) is 0 Å².